The average Bonchev–Trinajstić information content (AvgIpc) is 3.29. The lowest BCUT2D eigenvalue weighted by atomic mass is 10.0. The smallest absolute Gasteiger partial charge is 0.305 e. The van der Waals surface area contributed by atoms with Crippen LogP contribution < -0.4 is 5.32 Å². The lowest BCUT2D eigenvalue weighted by Crippen LogP contribution is -2.45. The summed E-state index contributed by atoms with van der Waals surface area (Å²) in [7, 11) is 0. The fourth-order valence-electron chi connectivity index (χ4n) is 8.81. The highest BCUT2D eigenvalue weighted by Gasteiger charge is 2.18. The zero-order valence-electron chi connectivity index (χ0n) is 43.0. The number of ether oxygens (including phenoxy) is 1. The largest absolute Gasteiger partial charge is 0.466 e. The molecule has 0 heterocycles. The normalized spacial score (nSPS) is 12.8. The van der Waals surface area contributed by atoms with Crippen LogP contribution in [0.2, 0.25) is 0 Å². The van der Waals surface area contributed by atoms with Gasteiger partial charge in [-0.2, -0.15) is 0 Å². The number of amides is 1. The predicted molar refractivity (Wildman–Crippen MR) is 278 cm³/mol. The first kappa shape index (κ1) is 62.3. The number of aliphatic hydroxyl groups is 2. The molecule has 0 aliphatic rings. The van der Waals surface area contributed by atoms with Gasteiger partial charge in [-0.1, -0.05) is 263 Å². The number of esters is 1. The molecule has 378 valence electrons. The fraction of sp³-hybridized carbons (Fsp3) is 0.897. The molecule has 2 unspecified atom stereocenters. The van der Waals surface area contributed by atoms with Crippen molar-refractivity contribution in [1.29, 1.82) is 0 Å². The number of carbonyl (C=O) groups excluding carboxylic acids is 2. The Bertz CT molecular complexity index is 997. The van der Waals surface area contributed by atoms with E-state index in [0.29, 0.717) is 19.4 Å². The molecular weight excluding hydrogens is 791 g/mol. The lowest BCUT2D eigenvalue weighted by Gasteiger charge is -2.20. The zero-order valence-corrected chi connectivity index (χ0v) is 43.0. The molecule has 0 rings (SSSR count). The van der Waals surface area contributed by atoms with Gasteiger partial charge in [0.15, 0.2) is 0 Å². The average molecular weight is 903 g/mol. The van der Waals surface area contributed by atoms with Crippen molar-refractivity contribution in [2.75, 3.05) is 13.2 Å². The van der Waals surface area contributed by atoms with Crippen LogP contribution in [0.3, 0.4) is 0 Å². The first-order chi connectivity index (χ1) is 31.5. The van der Waals surface area contributed by atoms with E-state index < -0.39 is 12.1 Å². The van der Waals surface area contributed by atoms with Gasteiger partial charge in [-0.05, 0) is 57.8 Å². The van der Waals surface area contributed by atoms with E-state index >= 15 is 0 Å². The van der Waals surface area contributed by atoms with Crippen molar-refractivity contribution < 1.29 is 24.5 Å². The third kappa shape index (κ3) is 49.8. The second-order valence-corrected chi connectivity index (χ2v) is 19.6. The van der Waals surface area contributed by atoms with E-state index in [1.54, 1.807) is 6.08 Å². The first-order valence-corrected chi connectivity index (χ1v) is 28.6. The van der Waals surface area contributed by atoms with Crippen molar-refractivity contribution in [3.05, 3.63) is 24.3 Å². The van der Waals surface area contributed by atoms with E-state index in [4.69, 9.17) is 4.74 Å². The highest BCUT2D eigenvalue weighted by atomic mass is 16.5. The first-order valence-electron chi connectivity index (χ1n) is 28.6. The number of allylic oxidation sites excluding steroid dienone is 3. The van der Waals surface area contributed by atoms with Gasteiger partial charge in [0.1, 0.15) is 0 Å². The van der Waals surface area contributed by atoms with Gasteiger partial charge in [0.05, 0.1) is 25.4 Å². The van der Waals surface area contributed by atoms with Crippen LogP contribution in [-0.4, -0.2) is 47.4 Å². The SMILES string of the molecule is CCCCCCCCC/C=C\CCCCCCCC(=O)OCCCCCCCCCCCCCCCCCCCCCCCCC(=O)NC(CO)C(O)/C=C/CCCCCCCCC. The molecule has 0 spiro atoms. The van der Waals surface area contributed by atoms with Gasteiger partial charge in [-0.15, -0.1) is 0 Å². The molecule has 0 bridgehead atoms. The standard InChI is InChI=1S/C58H111NO5/c1-3-5-7-9-11-13-14-15-16-26-29-32-36-40-44-48-52-58(63)64-53-49-45-41-37-33-30-27-24-22-20-18-17-19-21-23-25-28-31-35-39-43-47-51-57(62)59-55(54-60)56(61)50-46-42-38-34-12-10-8-6-4-2/h16,26,46,50,55-56,60-61H,3-15,17-25,27-45,47-49,51-54H2,1-2H3,(H,59,62)/b26-16-,50-46+. The maximum absolute atomic E-state index is 12.4. The van der Waals surface area contributed by atoms with Crippen molar-refractivity contribution in [1.82, 2.24) is 5.32 Å². The van der Waals surface area contributed by atoms with Gasteiger partial charge >= 0.3 is 5.97 Å². The maximum Gasteiger partial charge on any atom is 0.305 e. The highest BCUT2D eigenvalue weighted by Crippen LogP contribution is 2.17. The van der Waals surface area contributed by atoms with Gasteiger partial charge in [-0.3, -0.25) is 9.59 Å². The van der Waals surface area contributed by atoms with Gasteiger partial charge in [0.2, 0.25) is 5.91 Å². The van der Waals surface area contributed by atoms with E-state index in [0.717, 1.165) is 44.9 Å². The molecular formula is C58H111NO5. The summed E-state index contributed by atoms with van der Waals surface area (Å²) < 4.78 is 5.48. The van der Waals surface area contributed by atoms with Crippen LogP contribution in [0.5, 0.6) is 0 Å². The monoisotopic (exact) mass is 902 g/mol. The quantitative estimate of drug-likeness (QED) is 0.0321. The Morgan fingerprint density at radius 3 is 1.11 bits per heavy atom. The van der Waals surface area contributed by atoms with Gasteiger partial charge in [0, 0.05) is 12.8 Å². The molecule has 0 aliphatic heterocycles. The summed E-state index contributed by atoms with van der Waals surface area (Å²) in [6, 6.07) is -0.625. The van der Waals surface area contributed by atoms with E-state index in [1.165, 1.54) is 238 Å². The van der Waals surface area contributed by atoms with Gasteiger partial charge < -0.3 is 20.3 Å². The van der Waals surface area contributed by atoms with Crippen LogP contribution in [0, 0.1) is 0 Å². The summed E-state index contributed by atoms with van der Waals surface area (Å²) in [6.07, 6.45) is 65.0. The molecule has 0 saturated carbocycles. The Balaban J connectivity index is 3.36. The number of rotatable bonds is 53. The number of unbranched alkanes of at least 4 members (excludes halogenated alkanes) is 40. The summed E-state index contributed by atoms with van der Waals surface area (Å²) >= 11 is 0. The minimum Gasteiger partial charge on any atom is -0.466 e. The Hall–Kier alpha value is -1.66. The van der Waals surface area contributed by atoms with Gasteiger partial charge in [-0.25, -0.2) is 0 Å². The predicted octanol–water partition coefficient (Wildman–Crippen LogP) is 17.5. The molecule has 1 amide bonds. The molecule has 0 aromatic carbocycles. The minimum absolute atomic E-state index is 0.00513. The number of carbonyl (C=O) groups is 2. The molecule has 0 fully saturated rings. The molecule has 0 radical (unpaired) electrons. The van der Waals surface area contributed by atoms with Crippen molar-refractivity contribution in [2.45, 2.75) is 321 Å². The van der Waals surface area contributed by atoms with E-state index in [-0.39, 0.29) is 18.5 Å². The molecule has 0 aromatic heterocycles. The van der Waals surface area contributed by atoms with Crippen LogP contribution in [0.15, 0.2) is 24.3 Å². The van der Waals surface area contributed by atoms with E-state index in [9.17, 15) is 19.8 Å². The third-order valence-corrected chi connectivity index (χ3v) is 13.2. The molecule has 6 heteroatoms. The second kappa shape index (κ2) is 54.0. The molecule has 0 aliphatic carbocycles. The van der Waals surface area contributed by atoms with E-state index in [1.807, 2.05) is 6.08 Å². The Kier molecular flexibility index (Phi) is 52.6. The summed E-state index contributed by atoms with van der Waals surface area (Å²) in [4.78, 5) is 24.4. The van der Waals surface area contributed by atoms with Crippen molar-refractivity contribution in [3.63, 3.8) is 0 Å². The molecule has 3 N–H and O–H groups in total. The van der Waals surface area contributed by atoms with Crippen molar-refractivity contribution in [3.8, 4) is 0 Å². The van der Waals surface area contributed by atoms with Crippen LogP contribution in [0.4, 0.5) is 0 Å². The molecule has 0 saturated heterocycles. The van der Waals surface area contributed by atoms with Crippen molar-refractivity contribution >= 4 is 11.9 Å². The molecule has 2 atom stereocenters. The summed E-state index contributed by atoms with van der Waals surface area (Å²) in [5.74, 6) is -0.0654. The Morgan fingerprint density at radius 1 is 0.422 bits per heavy atom. The zero-order chi connectivity index (χ0) is 46.5. The Labute approximate surface area is 399 Å². The number of hydrogen-bond donors (Lipinski definition) is 3. The van der Waals surface area contributed by atoms with Gasteiger partial charge in [0.25, 0.3) is 0 Å². The maximum atomic E-state index is 12.4. The number of aliphatic hydroxyl groups excluding tert-OH is 2. The second-order valence-electron chi connectivity index (χ2n) is 19.6. The molecule has 64 heavy (non-hydrogen) atoms. The third-order valence-electron chi connectivity index (χ3n) is 13.2. The Morgan fingerprint density at radius 2 is 0.734 bits per heavy atom. The highest BCUT2D eigenvalue weighted by molar-refractivity contribution is 5.76. The van der Waals surface area contributed by atoms with Crippen LogP contribution >= 0.6 is 0 Å². The van der Waals surface area contributed by atoms with Crippen molar-refractivity contribution in [2.24, 2.45) is 0 Å². The number of hydrogen-bond acceptors (Lipinski definition) is 5. The topological polar surface area (TPSA) is 95.9 Å². The molecule has 6 nitrogen and oxygen atoms in total. The number of nitrogens with one attached hydrogen (secondary N) is 1. The fourth-order valence-corrected chi connectivity index (χ4v) is 8.81. The van der Waals surface area contributed by atoms with Crippen LogP contribution in [0.1, 0.15) is 309 Å². The minimum atomic E-state index is -0.842. The van der Waals surface area contributed by atoms with Crippen LogP contribution in [-0.2, 0) is 14.3 Å². The van der Waals surface area contributed by atoms with E-state index in [2.05, 4.69) is 31.3 Å². The van der Waals surface area contributed by atoms with Crippen LogP contribution in [0.25, 0.3) is 0 Å². The molecule has 0 aromatic rings. The summed E-state index contributed by atoms with van der Waals surface area (Å²) in [5.41, 5.74) is 0. The summed E-state index contributed by atoms with van der Waals surface area (Å²) in [5, 5.41) is 22.9. The summed E-state index contributed by atoms with van der Waals surface area (Å²) in [6.45, 7) is 4.88. The lowest BCUT2D eigenvalue weighted by molar-refractivity contribution is -0.143.